The Labute approximate surface area is 158 Å². The number of rotatable bonds is 6. The van der Waals surface area contributed by atoms with Gasteiger partial charge >= 0.3 is 0 Å². The average Bonchev–Trinajstić information content (AvgIpc) is 3.08. The first-order valence-electron chi connectivity index (χ1n) is 8.35. The fourth-order valence-electron chi connectivity index (χ4n) is 2.71. The summed E-state index contributed by atoms with van der Waals surface area (Å²) in [6.45, 7) is 2.80. The van der Waals surface area contributed by atoms with E-state index in [0.717, 1.165) is 22.5 Å². The molecule has 6 heteroatoms. The maximum atomic E-state index is 12.3. The van der Waals surface area contributed by atoms with Crippen LogP contribution >= 0.6 is 11.6 Å². The summed E-state index contributed by atoms with van der Waals surface area (Å²) in [5, 5.41) is 7.94. The lowest BCUT2D eigenvalue weighted by Crippen LogP contribution is -2.30. The number of aromatic nitrogens is 2. The third-order valence-electron chi connectivity index (χ3n) is 4.06. The molecule has 26 heavy (non-hydrogen) atoms. The first-order valence-corrected chi connectivity index (χ1v) is 8.73. The van der Waals surface area contributed by atoms with Crippen molar-refractivity contribution in [3.63, 3.8) is 0 Å². The highest BCUT2D eigenvalue weighted by Gasteiger charge is 2.11. The highest BCUT2D eigenvalue weighted by atomic mass is 35.5. The number of nitrogens with zero attached hydrogens (tertiary/aromatic N) is 3. The van der Waals surface area contributed by atoms with E-state index in [1.165, 1.54) is 0 Å². The van der Waals surface area contributed by atoms with E-state index in [2.05, 4.69) is 10.4 Å². The lowest BCUT2D eigenvalue weighted by molar-refractivity contribution is -0.117. The summed E-state index contributed by atoms with van der Waals surface area (Å²) in [6, 6.07) is 15.4. The average molecular weight is 369 g/mol. The minimum atomic E-state index is -0.0756. The Morgan fingerprint density at radius 3 is 2.73 bits per heavy atom. The third kappa shape index (κ3) is 4.50. The molecule has 2 aromatic carbocycles. The van der Waals surface area contributed by atoms with Gasteiger partial charge in [0, 0.05) is 29.0 Å². The van der Waals surface area contributed by atoms with Gasteiger partial charge in [0.15, 0.2) is 0 Å². The lowest BCUT2D eigenvalue weighted by atomic mass is 10.2. The third-order valence-corrected chi connectivity index (χ3v) is 4.47. The van der Waals surface area contributed by atoms with Gasteiger partial charge in [-0.25, -0.2) is 4.68 Å². The molecule has 0 fully saturated rings. The molecular weight excluding hydrogens is 348 g/mol. The van der Waals surface area contributed by atoms with Crippen molar-refractivity contribution in [3.05, 3.63) is 77.1 Å². The zero-order chi connectivity index (χ0) is 18.5. The summed E-state index contributed by atoms with van der Waals surface area (Å²) < 4.78 is 1.83. The molecular formula is C20H21ClN4O. The first kappa shape index (κ1) is 18.2. The quantitative estimate of drug-likeness (QED) is 0.717. The van der Waals surface area contributed by atoms with Gasteiger partial charge < -0.3 is 5.32 Å². The van der Waals surface area contributed by atoms with E-state index in [4.69, 9.17) is 11.6 Å². The molecule has 0 atom stereocenters. The number of benzene rings is 2. The Bertz CT molecular complexity index is 892. The molecule has 0 aliphatic heterocycles. The van der Waals surface area contributed by atoms with E-state index >= 15 is 0 Å². The van der Waals surface area contributed by atoms with Gasteiger partial charge in [0.2, 0.25) is 5.91 Å². The molecule has 0 saturated carbocycles. The van der Waals surface area contributed by atoms with E-state index in [1.54, 1.807) is 0 Å². The van der Waals surface area contributed by atoms with Crippen molar-refractivity contribution < 1.29 is 4.79 Å². The van der Waals surface area contributed by atoms with E-state index in [1.807, 2.05) is 84.5 Å². The topological polar surface area (TPSA) is 50.2 Å². The summed E-state index contributed by atoms with van der Waals surface area (Å²) in [5.74, 6) is -0.0756. The number of halogens is 1. The highest BCUT2D eigenvalue weighted by Crippen LogP contribution is 2.22. The maximum absolute atomic E-state index is 12.3. The van der Waals surface area contributed by atoms with Crippen LogP contribution in [0.4, 0.5) is 5.69 Å². The highest BCUT2D eigenvalue weighted by molar-refractivity contribution is 6.31. The van der Waals surface area contributed by atoms with Crippen LogP contribution in [0.1, 0.15) is 11.1 Å². The molecule has 1 amide bonds. The molecule has 1 aromatic heterocycles. The number of carbonyl (C=O) groups excluding carboxylic acids is 1. The molecule has 134 valence electrons. The smallest absolute Gasteiger partial charge is 0.238 e. The van der Waals surface area contributed by atoms with Crippen LogP contribution in [0.15, 0.2) is 60.9 Å². The second-order valence-electron chi connectivity index (χ2n) is 6.26. The number of hydrogen-bond acceptors (Lipinski definition) is 3. The van der Waals surface area contributed by atoms with Gasteiger partial charge in [-0.2, -0.15) is 5.10 Å². The summed E-state index contributed by atoms with van der Waals surface area (Å²) in [6.07, 6.45) is 3.80. The molecule has 0 saturated heterocycles. The minimum absolute atomic E-state index is 0.0756. The predicted molar refractivity (Wildman–Crippen MR) is 105 cm³/mol. The van der Waals surface area contributed by atoms with E-state index in [9.17, 15) is 4.79 Å². The zero-order valence-electron chi connectivity index (χ0n) is 14.8. The van der Waals surface area contributed by atoms with Crippen LogP contribution in [0.25, 0.3) is 5.69 Å². The number of hydrogen-bond donors (Lipinski definition) is 1. The molecule has 1 N–H and O–H groups in total. The summed E-state index contributed by atoms with van der Waals surface area (Å²) in [7, 11) is 1.91. The van der Waals surface area contributed by atoms with Crippen molar-refractivity contribution in [1.82, 2.24) is 14.7 Å². The molecule has 0 unspecified atom stereocenters. The number of amides is 1. The maximum Gasteiger partial charge on any atom is 0.238 e. The number of carbonyl (C=O) groups is 1. The summed E-state index contributed by atoms with van der Waals surface area (Å²) in [5.41, 5.74) is 3.67. The normalized spacial score (nSPS) is 10.9. The van der Waals surface area contributed by atoms with Gasteiger partial charge in [0.25, 0.3) is 0 Å². The number of nitrogens with one attached hydrogen (secondary N) is 1. The second kappa shape index (κ2) is 8.17. The zero-order valence-corrected chi connectivity index (χ0v) is 15.6. The van der Waals surface area contributed by atoms with Crippen molar-refractivity contribution in [2.45, 2.75) is 13.5 Å². The van der Waals surface area contributed by atoms with E-state index in [0.29, 0.717) is 11.6 Å². The summed E-state index contributed by atoms with van der Waals surface area (Å²) >= 11 is 6.09. The van der Waals surface area contributed by atoms with Crippen LogP contribution in [0.5, 0.6) is 0 Å². The fourth-order valence-corrected chi connectivity index (χ4v) is 2.88. The molecule has 0 bridgehead atoms. The van der Waals surface area contributed by atoms with Gasteiger partial charge in [-0.05, 0) is 43.8 Å². The Morgan fingerprint density at radius 2 is 1.96 bits per heavy atom. The largest absolute Gasteiger partial charge is 0.325 e. The number of anilines is 1. The Balaban J connectivity index is 1.57. The standard InChI is InChI=1S/C20H21ClN4O/c1-15-18(21)9-6-10-19(15)23-20(26)14-24(2)12-16-11-22-25(13-16)17-7-4-3-5-8-17/h3-11,13H,12,14H2,1-2H3,(H,23,26). The van der Waals surface area contributed by atoms with Crippen molar-refractivity contribution >= 4 is 23.2 Å². The molecule has 0 aliphatic carbocycles. The molecule has 0 spiro atoms. The van der Waals surface area contributed by atoms with Crippen LogP contribution in [0, 0.1) is 6.92 Å². The monoisotopic (exact) mass is 368 g/mol. The molecule has 3 rings (SSSR count). The lowest BCUT2D eigenvalue weighted by Gasteiger charge is -2.16. The van der Waals surface area contributed by atoms with Gasteiger partial charge in [-0.15, -0.1) is 0 Å². The first-order chi connectivity index (χ1) is 12.5. The van der Waals surface area contributed by atoms with Crippen LogP contribution in [0.2, 0.25) is 5.02 Å². The fraction of sp³-hybridized carbons (Fsp3) is 0.200. The number of para-hydroxylation sites is 1. The Hall–Kier alpha value is -2.63. The number of likely N-dealkylation sites (N-methyl/N-ethyl adjacent to an activating group) is 1. The Kier molecular flexibility index (Phi) is 5.71. The van der Waals surface area contributed by atoms with Crippen molar-refractivity contribution in [3.8, 4) is 5.69 Å². The van der Waals surface area contributed by atoms with Crippen molar-refractivity contribution in [2.24, 2.45) is 0 Å². The predicted octanol–water partition coefficient (Wildman–Crippen LogP) is 3.90. The molecule has 1 heterocycles. The van der Waals surface area contributed by atoms with Crippen LogP contribution in [-0.4, -0.2) is 34.2 Å². The van der Waals surface area contributed by atoms with Gasteiger partial charge in [-0.3, -0.25) is 9.69 Å². The molecule has 0 aliphatic rings. The minimum Gasteiger partial charge on any atom is -0.325 e. The molecule has 5 nitrogen and oxygen atoms in total. The molecule has 3 aromatic rings. The Morgan fingerprint density at radius 1 is 1.19 bits per heavy atom. The van der Waals surface area contributed by atoms with Gasteiger partial charge in [0.1, 0.15) is 0 Å². The van der Waals surface area contributed by atoms with Crippen molar-refractivity contribution in [1.29, 1.82) is 0 Å². The van der Waals surface area contributed by atoms with Crippen LogP contribution in [0.3, 0.4) is 0 Å². The van der Waals surface area contributed by atoms with E-state index in [-0.39, 0.29) is 12.5 Å². The van der Waals surface area contributed by atoms with Gasteiger partial charge in [0.05, 0.1) is 18.4 Å². The van der Waals surface area contributed by atoms with E-state index < -0.39 is 0 Å². The van der Waals surface area contributed by atoms with Gasteiger partial charge in [-0.1, -0.05) is 35.9 Å². The van der Waals surface area contributed by atoms with Crippen LogP contribution in [-0.2, 0) is 11.3 Å². The van der Waals surface area contributed by atoms with Crippen molar-refractivity contribution in [2.75, 3.05) is 18.9 Å². The van der Waals surface area contributed by atoms with Crippen LogP contribution < -0.4 is 5.32 Å². The second-order valence-corrected chi connectivity index (χ2v) is 6.67. The molecule has 0 radical (unpaired) electrons. The summed E-state index contributed by atoms with van der Waals surface area (Å²) in [4.78, 5) is 14.2. The SMILES string of the molecule is Cc1c(Cl)cccc1NC(=O)CN(C)Cc1cnn(-c2ccccc2)c1.